The minimum Gasteiger partial charge on any atom is -0.464 e. The summed E-state index contributed by atoms with van der Waals surface area (Å²) in [6, 6.07) is 0. The standard InChI is InChI=1S/C22H40O4/c1-3-5-6-7-8-9-10-11-12-13-14-15-16-17-18-19-20(23)21(24)22(25)26-4-2/h20-21,23-24H,3-17H2,1-2H3/t20-,21+/m0/s1. The van der Waals surface area contributed by atoms with Crippen LogP contribution in [0.3, 0.4) is 0 Å². The van der Waals surface area contributed by atoms with Crippen molar-refractivity contribution in [2.45, 2.75) is 116 Å². The van der Waals surface area contributed by atoms with E-state index in [1.54, 1.807) is 6.92 Å². The molecule has 0 aliphatic rings. The lowest BCUT2D eigenvalue weighted by molar-refractivity contribution is -0.157. The van der Waals surface area contributed by atoms with Gasteiger partial charge in [0.25, 0.3) is 0 Å². The van der Waals surface area contributed by atoms with Gasteiger partial charge in [0.15, 0.2) is 12.2 Å². The van der Waals surface area contributed by atoms with E-state index in [9.17, 15) is 15.0 Å². The second-order valence-electron chi connectivity index (χ2n) is 6.96. The monoisotopic (exact) mass is 368 g/mol. The van der Waals surface area contributed by atoms with Crippen molar-refractivity contribution in [2.24, 2.45) is 0 Å². The fourth-order valence-corrected chi connectivity index (χ4v) is 2.84. The summed E-state index contributed by atoms with van der Waals surface area (Å²) in [5.74, 6) is 4.53. The highest BCUT2D eigenvalue weighted by Gasteiger charge is 2.23. The number of hydrogen-bond donors (Lipinski definition) is 2. The van der Waals surface area contributed by atoms with Crippen LogP contribution in [-0.4, -0.2) is 35.0 Å². The molecular formula is C22H40O4. The third-order valence-electron chi connectivity index (χ3n) is 4.48. The van der Waals surface area contributed by atoms with E-state index in [-0.39, 0.29) is 6.61 Å². The smallest absolute Gasteiger partial charge is 0.338 e. The van der Waals surface area contributed by atoms with E-state index < -0.39 is 18.2 Å². The van der Waals surface area contributed by atoms with Crippen molar-refractivity contribution >= 4 is 5.97 Å². The largest absolute Gasteiger partial charge is 0.464 e. The van der Waals surface area contributed by atoms with Crippen LogP contribution in [0.2, 0.25) is 0 Å². The van der Waals surface area contributed by atoms with Gasteiger partial charge < -0.3 is 14.9 Å². The van der Waals surface area contributed by atoms with Crippen LogP contribution in [0, 0.1) is 11.8 Å². The number of unbranched alkanes of at least 4 members (excludes halogenated alkanes) is 13. The Morgan fingerprint density at radius 3 is 1.73 bits per heavy atom. The van der Waals surface area contributed by atoms with E-state index >= 15 is 0 Å². The maximum atomic E-state index is 11.2. The molecule has 4 nitrogen and oxygen atoms in total. The van der Waals surface area contributed by atoms with Gasteiger partial charge in [0.05, 0.1) is 6.61 Å². The highest BCUT2D eigenvalue weighted by atomic mass is 16.5. The molecule has 0 aromatic carbocycles. The molecule has 0 fully saturated rings. The van der Waals surface area contributed by atoms with Crippen molar-refractivity contribution in [1.82, 2.24) is 0 Å². The van der Waals surface area contributed by atoms with Crippen LogP contribution >= 0.6 is 0 Å². The predicted octanol–water partition coefficient (Wildman–Crippen LogP) is 4.76. The van der Waals surface area contributed by atoms with Gasteiger partial charge in [-0.15, -0.1) is 5.92 Å². The Kier molecular flexibility index (Phi) is 18.0. The van der Waals surface area contributed by atoms with Crippen LogP contribution < -0.4 is 0 Å². The molecule has 2 atom stereocenters. The first-order chi connectivity index (χ1) is 12.6. The zero-order valence-corrected chi connectivity index (χ0v) is 17.0. The maximum Gasteiger partial charge on any atom is 0.338 e. The molecule has 26 heavy (non-hydrogen) atoms. The van der Waals surface area contributed by atoms with Gasteiger partial charge >= 0.3 is 5.97 Å². The average Bonchev–Trinajstić information content (AvgIpc) is 2.64. The van der Waals surface area contributed by atoms with Crippen molar-refractivity contribution in [3.8, 4) is 11.8 Å². The molecule has 0 bridgehead atoms. The summed E-state index contributed by atoms with van der Waals surface area (Å²) >= 11 is 0. The predicted molar refractivity (Wildman–Crippen MR) is 107 cm³/mol. The molecule has 0 aliphatic carbocycles. The first-order valence-electron chi connectivity index (χ1n) is 10.6. The number of carbonyl (C=O) groups is 1. The molecular weight excluding hydrogens is 328 g/mol. The number of aliphatic hydroxyl groups is 2. The Hall–Kier alpha value is -1.05. The van der Waals surface area contributed by atoms with Crippen molar-refractivity contribution in [2.75, 3.05) is 6.61 Å². The third-order valence-corrected chi connectivity index (χ3v) is 4.48. The molecule has 0 aliphatic heterocycles. The van der Waals surface area contributed by atoms with Crippen LogP contribution in [0.25, 0.3) is 0 Å². The lowest BCUT2D eigenvalue weighted by Gasteiger charge is -2.10. The van der Waals surface area contributed by atoms with Crippen LogP contribution in [0.5, 0.6) is 0 Å². The van der Waals surface area contributed by atoms with E-state index in [1.807, 2.05) is 0 Å². The van der Waals surface area contributed by atoms with Gasteiger partial charge in [-0.3, -0.25) is 0 Å². The summed E-state index contributed by atoms with van der Waals surface area (Å²) in [7, 11) is 0. The van der Waals surface area contributed by atoms with Crippen LogP contribution in [-0.2, 0) is 9.53 Å². The molecule has 4 heteroatoms. The highest BCUT2D eigenvalue weighted by molar-refractivity contribution is 5.75. The topological polar surface area (TPSA) is 66.8 Å². The van der Waals surface area contributed by atoms with Gasteiger partial charge in [0.1, 0.15) is 0 Å². The van der Waals surface area contributed by atoms with Crippen molar-refractivity contribution in [3.63, 3.8) is 0 Å². The molecule has 152 valence electrons. The maximum absolute atomic E-state index is 11.2. The molecule has 0 radical (unpaired) electrons. The van der Waals surface area contributed by atoms with Gasteiger partial charge in [0.2, 0.25) is 0 Å². The lowest BCUT2D eigenvalue weighted by atomic mass is 10.0. The molecule has 0 saturated heterocycles. The van der Waals surface area contributed by atoms with Gasteiger partial charge in [0, 0.05) is 6.42 Å². The quantitative estimate of drug-likeness (QED) is 0.234. The first-order valence-corrected chi connectivity index (χ1v) is 10.6. The number of carbonyl (C=O) groups excluding carboxylic acids is 1. The van der Waals surface area contributed by atoms with Crippen LogP contribution in [0.4, 0.5) is 0 Å². The molecule has 0 amide bonds. The number of rotatable bonds is 16. The zero-order chi connectivity index (χ0) is 19.5. The molecule has 0 aromatic heterocycles. The molecule has 0 aromatic rings. The normalized spacial score (nSPS) is 12.9. The van der Waals surface area contributed by atoms with Gasteiger partial charge in [-0.05, 0) is 13.3 Å². The summed E-state index contributed by atoms with van der Waals surface area (Å²) in [4.78, 5) is 11.2. The molecule has 0 spiro atoms. The highest BCUT2D eigenvalue weighted by Crippen LogP contribution is 2.12. The van der Waals surface area contributed by atoms with E-state index in [0.717, 1.165) is 12.8 Å². The second-order valence-corrected chi connectivity index (χ2v) is 6.96. The summed E-state index contributed by atoms with van der Waals surface area (Å²) in [6.45, 7) is 4.08. The number of hydrogen-bond acceptors (Lipinski definition) is 4. The minimum absolute atomic E-state index is 0.176. The van der Waals surface area contributed by atoms with Gasteiger partial charge in [-0.1, -0.05) is 89.9 Å². The Morgan fingerprint density at radius 1 is 0.808 bits per heavy atom. The van der Waals surface area contributed by atoms with Crippen molar-refractivity contribution in [1.29, 1.82) is 0 Å². The van der Waals surface area contributed by atoms with Gasteiger partial charge in [-0.2, -0.15) is 0 Å². The Morgan fingerprint density at radius 2 is 1.27 bits per heavy atom. The zero-order valence-electron chi connectivity index (χ0n) is 17.0. The molecule has 0 saturated carbocycles. The van der Waals surface area contributed by atoms with E-state index in [0.29, 0.717) is 6.42 Å². The summed E-state index contributed by atoms with van der Waals surface area (Å²) in [6.07, 6.45) is 14.7. The van der Waals surface area contributed by atoms with Gasteiger partial charge in [-0.25, -0.2) is 4.79 Å². The average molecular weight is 369 g/mol. The van der Waals surface area contributed by atoms with E-state index in [2.05, 4.69) is 23.5 Å². The summed E-state index contributed by atoms with van der Waals surface area (Å²) in [5, 5.41) is 19.1. The first kappa shape index (κ1) is 24.9. The number of aliphatic hydroxyl groups excluding tert-OH is 2. The summed E-state index contributed by atoms with van der Waals surface area (Å²) in [5.41, 5.74) is 0. The molecule has 0 rings (SSSR count). The minimum atomic E-state index is -1.57. The third kappa shape index (κ3) is 15.2. The Bertz CT molecular complexity index is 383. The molecule has 0 unspecified atom stereocenters. The Labute approximate surface area is 160 Å². The molecule has 2 N–H and O–H groups in total. The summed E-state index contributed by atoms with van der Waals surface area (Å²) < 4.78 is 4.64. The SMILES string of the molecule is CCCCCCCCCCCCCCCC#C[C@H](O)[C@@H](O)C(=O)OCC. The van der Waals surface area contributed by atoms with Crippen LogP contribution in [0.1, 0.15) is 104 Å². The Balaban J connectivity index is 3.42. The van der Waals surface area contributed by atoms with Crippen molar-refractivity contribution < 1.29 is 19.7 Å². The second kappa shape index (κ2) is 18.7. The van der Waals surface area contributed by atoms with Crippen molar-refractivity contribution in [3.05, 3.63) is 0 Å². The van der Waals surface area contributed by atoms with E-state index in [4.69, 9.17) is 0 Å². The lowest BCUT2D eigenvalue weighted by Crippen LogP contribution is -2.34. The van der Waals surface area contributed by atoms with E-state index in [1.165, 1.54) is 70.6 Å². The number of ether oxygens (including phenoxy) is 1. The van der Waals surface area contributed by atoms with Crippen LogP contribution in [0.15, 0.2) is 0 Å². The fourth-order valence-electron chi connectivity index (χ4n) is 2.84. The molecule has 0 heterocycles. The number of esters is 1. The fraction of sp³-hybridized carbons (Fsp3) is 0.864.